The van der Waals surface area contributed by atoms with E-state index < -0.39 is 0 Å². The highest BCUT2D eigenvalue weighted by molar-refractivity contribution is 6.12. The lowest BCUT2D eigenvalue weighted by atomic mass is 10.1. The highest BCUT2D eigenvalue weighted by Gasteiger charge is 2.17. The lowest BCUT2D eigenvalue weighted by molar-refractivity contribution is 0.102. The summed E-state index contributed by atoms with van der Waals surface area (Å²) in [4.78, 5) is 17.8. The molecule has 0 aliphatic rings. The van der Waals surface area contributed by atoms with Gasteiger partial charge in [0.1, 0.15) is 0 Å². The molecule has 2 aromatic heterocycles. The molecule has 1 N–H and O–H groups in total. The second-order valence-corrected chi connectivity index (χ2v) is 6.63. The van der Waals surface area contributed by atoms with E-state index in [-0.39, 0.29) is 5.91 Å². The van der Waals surface area contributed by atoms with Gasteiger partial charge in [0.05, 0.1) is 22.8 Å². The Morgan fingerprint density at radius 1 is 1.04 bits per heavy atom. The third-order valence-corrected chi connectivity index (χ3v) is 4.87. The average molecular weight is 356 g/mol. The van der Waals surface area contributed by atoms with Crippen LogP contribution in [0, 0.1) is 13.8 Å². The molecule has 0 unspecified atom stereocenters. The number of nitrogens with one attached hydrogen (secondary N) is 1. The molecule has 0 radical (unpaired) electrons. The Hall–Kier alpha value is -3.47. The maximum absolute atomic E-state index is 13.1. The Labute approximate surface area is 157 Å². The van der Waals surface area contributed by atoms with Crippen LogP contribution >= 0.6 is 0 Å². The zero-order chi connectivity index (χ0) is 19.0. The normalized spacial score (nSPS) is 10.9. The van der Waals surface area contributed by atoms with Crippen molar-refractivity contribution in [3.63, 3.8) is 0 Å². The molecule has 0 fully saturated rings. The van der Waals surface area contributed by atoms with Gasteiger partial charge in [-0.15, -0.1) is 0 Å². The van der Waals surface area contributed by atoms with Crippen molar-refractivity contribution in [1.82, 2.24) is 14.8 Å². The first-order valence-electron chi connectivity index (χ1n) is 8.80. The van der Waals surface area contributed by atoms with E-state index in [1.807, 2.05) is 75.5 Å². The molecule has 134 valence electrons. The lowest BCUT2D eigenvalue weighted by Gasteiger charge is -2.12. The standard InChI is InChI=1S/C22H20N4O/c1-14-8-7-11-19(15(14)2)25-22(27)17-12-20(16-9-5-4-6-10-16)24-21-18(17)13-23-26(21)3/h4-13H,1-3H3,(H,25,27). The largest absolute Gasteiger partial charge is 0.322 e. The van der Waals surface area contributed by atoms with E-state index in [4.69, 9.17) is 4.98 Å². The van der Waals surface area contributed by atoms with Crippen molar-refractivity contribution in [3.8, 4) is 11.3 Å². The molecule has 0 atom stereocenters. The number of fused-ring (bicyclic) bond motifs is 1. The average Bonchev–Trinajstić information content (AvgIpc) is 3.06. The monoisotopic (exact) mass is 356 g/mol. The van der Waals surface area contributed by atoms with Crippen LogP contribution < -0.4 is 5.32 Å². The third kappa shape index (κ3) is 3.08. The number of nitrogens with zero attached hydrogens (tertiary/aromatic N) is 3. The number of amides is 1. The third-order valence-electron chi connectivity index (χ3n) is 4.87. The van der Waals surface area contributed by atoms with Crippen LogP contribution in [-0.4, -0.2) is 20.7 Å². The number of anilines is 1. The van der Waals surface area contributed by atoms with E-state index in [0.717, 1.165) is 33.5 Å². The highest BCUT2D eigenvalue weighted by atomic mass is 16.1. The number of aromatic nitrogens is 3. The minimum absolute atomic E-state index is 0.165. The smallest absolute Gasteiger partial charge is 0.256 e. The molecule has 0 saturated carbocycles. The van der Waals surface area contributed by atoms with Crippen LogP contribution in [0.2, 0.25) is 0 Å². The van der Waals surface area contributed by atoms with Crippen LogP contribution in [0.3, 0.4) is 0 Å². The molecule has 5 nitrogen and oxygen atoms in total. The van der Waals surface area contributed by atoms with Crippen LogP contribution in [-0.2, 0) is 7.05 Å². The number of pyridine rings is 1. The van der Waals surface area contributed by atoms with Gasteiger partial charge in [-0.2, -0.15) is 5.10 Å². The Kier molecular flexibility index (Phi) is 4.20. The minimum atomic E-state index is -0.165. The van der Waals surface area contributed by atoms with Crippen molar-refractivity contribution in [2.75, 3.05) is 5.32 Å². The molecule has 0 saturated heterocycles. The number of rotatable bonds is 3. The summed E-state index contributed by atoms with van der Waals surface area (Å²) >= 11 is 0. The number of carbonyl (C=O) groups excluding carboxylic acids is 1. The Morgan fingerprint density at radius 3 is 2.59 bits per heavy atom. The number of benzene rings is 2. The number of hydrogen-bond acceptors (Lipinski definition) is 3. The van der Waals surface area contributed by atoms with Crippen molar-refractivity contribution < 1.29 is 4.79 Å². The van der Waals surface area contributed by atoms with E-state index in [1.54, 1.807) is 10.9 Å². The summed E-state index contributed by atoms with van der Waals surface area (Å²) in [6, 6.07) is 17.6. The van der Waals surface area contributed by atoms with Gasteiger partial charge in [0, 0.05) is 18.3 Å². The molecule has 0 spiro atoms. The topological polar surface area (TPSA) is 59.8 Å². The summed E-state index contributed by atoms with van der Waals surface area (Å²) in [5.41, 5.74) is 5.97. The molecule has 4 rings (SSSR count). The minimum Gasteiger partial charge on any atom is -0.322 e. The summed E-state index contributed by atoms with van der Waals surface area (Å²) in [5.74, 6) is -0.165. The van der Waals surface area contributed by atoms with E-state index in [0.29, 0.717) is 11.2 Å². The second-order valence-electron chi connectivity index (χ2n) is 6.63. The van der Waals surface area contributed by atoms with E-state index in [9.17, 15) is 4.79 Å². The first-order valence-corrected chi connectivity index (χ1v) is 8.80. The van der Waals surface area contributed by atoms with Crippen molar-refractivity contribution in [2.45, 2.75) is 13.8 Å². The fraction of sp³-hybridized carbons (Fsp3) is 0.136. The second kappa shape index (κ2) is 6.68. The Bertz CT molecular complexity index is 1150. The fourth-order valence-electron chi connectivity index (χ4n) is 3.14. The fourth-order valence-corrected chi connectivity index (χ4v) is 3.14. The van der Waals surface area contributed by atoms with Crippen molar-refractivity contribution in [2.24, 2.45) is 7.05 Å². The summed E-state index contributed by atoms with van der Waals surface area (Å²) in [7, 11) is 1.83. The van der Waals surface area contributed by atoms with Gasteiger partial charge < -0.3 is 5.32 Å². The predicted octanol–water partition coefficient (Wildman–Crippen LogP) is 4.50. The van der Waals surface area contributed by atoms with E-state index in [2.05, 4.69) is 10.4 Å². The molecular formula is C22H20N4O. The number of aryl methyl sites for hydroxylation is 2. The zero-order valence-electron chi connectivity index (χ0n) is 15.5. The van der Waals surface area contributed by atoms with Gasteiger partial charge in [-0.25, -0.2) is 4.98 Å². The molecule has 0 aliphatic carbocycles. The zero-order valence-corrected chi connectivity index (χ0v) is 15.5. The van der Waals surface area contributed by atoms with Gasteiger partial charge in [0.25, 0.3) is 5.91 Å². The summed E-state index contributed by atoms with van der Waals surface area (Å²) < 4.78 is 1.69. The maximum atomic E-state index is 13.1. The van der Waals surface area contributed by atoms with E-state index in [1.165, 1.54) is 0 Å². The number of hydrogen-bond donors (Lipinski definition) is 1. The van der Waals surface area contributed by atoms with Crippen molar-refractivity contribution in [1.29, 1.82) is 0 Å². The first kappa shape index (κ1) is 17.0. The molecule has 1 amide bonds. The van der Waals surface area contributed by atoms with Crippen LogP contribution in [0.4, 0.5) is 5.69 Å². The van der Waals surface area contributed by atoms with Gasteiger partial charge >= 0.3 is 0 Å². The van der Waals surface area contributed by atoms with E-state index >= 15 is 0 Å². The quantitative estimate of drug-likeness (QED) is 0.588. The summed E-state index contributed by atoms with van der Waals surface area (Å²) in [6.07, 6.45) is 1.69. The van der Waals surface area contributed by atoms with Crippen molar-refractivity contribution in [3.05, 3.63) is 77.5 Å². The van der Waals surface area contributed by atoms with Gasteiger partial charge in [0.2, 0.25) is 0 Å². The van der Waals surface area contributed by atoms with Crippen LogP contribution in [0.15, 0.2) is 60.8 Å². The molecular weight excluding hydrogens is 336 g/mol. The van der Waals surface area contributed by atoms with Crippen LogP contribution in [0.1, 0.15) is 21.5 Å². The molecule has 5 heteroatoms. The van der Waals surface area contributed by atoms with Gasteiger partial charge in [-0.05, 0) is 37.1 Å². The molecule has 2 heterocycles. The van der Waals surface area contributed by atoms with Crippen LogP contribution in [0.25, 0.3) is 22.3 Å². The lowest BCUT2D eigenvalue weighted by Crippen LogP contribution is -2.14. The summed E-state index contributed by atoms with van der Waals surface area (Å²) in [5, 5.41) is 8.07. The van der Waals surface area contributed by atoms with Gasteiger partial charge in [0.15, 0.2) is 5.65 Å². The molecule has 0 bridgehead atoms. The van der Waals surface area contributed by atoms with Crippen LogP contribution in [0.5, 0.6) is 0 Å². The molecule has 4 aromatic rings. The maximum Gasteiger partial charge on any atom is 0.256 e. The van der Waals surface area contributed by atoms with Gasteiger partial charge in [-0.3, -0.25) is 9.48 Å². The van der Waals surface area contributed by atoms with Gasteiger partial charge in [-0.1, -0.05) is 42.5 Å². The molecule has 2 aromatic carbocycles. The Morgan fingerprint density at radius 2 is 1.81 bits per heavy atom. The Balaban J connectivity index is 1.82. The SMILES string of the molecule is Cc1cccc(NC(=O)c2cc(-c3ccccc3)nc3c2cnn3C)c1C. The molecule has 27 heavy (non-hydrogen) atoms. The number of carbonyl (C=O) groups is 1. The molecule has 0 aliphatic heterocycles. The first-order chi connectivity index (χ1) is 13.0. The summed E-state index contributed by atoms with van der Waals surface area (Å²) in [6.45, 7) is 4.04. The highest BCUT2D eigenvalue weighted by Crippen LogP contribution is 2.26. The predicted molar refractivity (Wildman–Crippen MR) is 108 cm³/mol. The van der Waals surface area contributed by atoms with Crippen molar-refractivity contribution >= 4 is 22.6 Å².